The van der Waals surface area contributed by atoms with Crippen LogP contribution in [0.5, 0.6) is 0 Å². The third-order valence-electron chi connectivity index (χ3n) is 5.37. The molecule has 1 fully saturated rings. The first-order valence-electron chi connectivity index (χ1n) is 10.1. The molecule has 4 rings (SSSR count). The summed E-state index contributed by atoms with van der Waals surface area (Å²) in [6.45, 7) is 3.43. The highest BCUT2D eigenvalue weighted by atomic mass is 19.4. The van der Waals surface area contributed by atoms with E-state index in [1.165, 1.54) is 23.0 Å². The largest absolute Gasteiger partial charge is 0.416 e. The number of nitrogens with zero attached hydrogens (tertiary/aromatic N) is 2. The molecule has 2 amide bonds. The average Bonchev–Trinajstić information content (AvgIpc) is 3.52. The van der Waals surface area contributed by atoms with Crippen LogP contribution in [0.2, 0.25) is 0 Å². The Morgan fingerprint density at radius 3 is 2.50 bits per heavy atom. The van der Waals surface area contributed by atoms with Crippen LogP contribution in [-0.2, 0) is 11.0 Å². The molecule has 9 heteroatoms. The maximum atomic E-state index is 13.0. The molecule has 0 bridgehead atoms. The molecule has 166 valence electrons. The van der Waals surface area contributed by atoms with Crippen molar-refractivity contribution in [2.24, 2.45) is 5.92 Å². The van der Waals surface area contributed by atoms with E-state index in [0.29, 0.717) is 17.1 Å². The summed E-state index contributed by atoms with van der Waals surface area (Å²) >= 11 is 0. The molecule has 0 atom stereocenters. The molecule has 1 aliphatic carbocycles. The SMILES string of the molecule is Cc1ccc(NC(=O)C2CC2)cc1NC(=O)c1cnn(-c2cccc(C(F)(F)F)c2)c1C. The predicted octanol–water partition coefficient (Wildman–Crippen LogP) is 5.11. The summed E-state index contributed by atoms with van der Waals surface area (Å²) in [6.07, 6.45) is -1.39. The first-order valence-corrected chi connectivity index (χ1v) is 10.1. The van der Waals surface area contributed by atoms with Gasteiger partial charge in [-0.3, -0.25) is 9.59 Å². The minimum atomic E-state index is -4.48. The van der Waals surface area contributed by atoms with Gasteiger partial charge in [0.15, 0.2) is 0 Å². The zero-order chi connectivity index (χ0) is 23.0. The summed E-state index contributed by atoms with van der Waals surface area (Å²) in [5.41, 5.74) is 1.94. The van der Waals surface area contributed by atoms with E-state index in [0.717, 1.165) is 30.5 Å². The normalized spacial score (nSPS) is 13.7. The van der Waals surface area contributed by atoms with Crippen molar-refractivity contribution in [1.29, 1.82) is 0 Å². The van der Waals surface area contributed by atoms with E-state index >= 15 is 0 Å². The van der Waals surface area contributed by atoms with E-state index in [4.69, 9.17) is 0 Å². The summed E-state index contributed by atoms with van der Waals surface area (Å²) in [5, 5.41) is 9.75. The van der Waals surface area contributed by atoms with Gasteiger partial charge in [0.2, 0.25) is 5.91 Å². The van der Waals surface area contributed by atoms with Gasteiger partial charge in [-0.2, -0.15) is 18.3 Å². The molecule has 1 aromatic heterocycles. The Morgan fingerprint density at radius 1 is 1.06 bits per heavy atom. The fraction of sp³-hybridized carbons (Fsp3) is 0.261. The van der Waals surface area contributed by atoms with Crippen LogP contribution in [0.3, 0.4) is 0 Å². The molecule has 3 aromatic rings. The minimum Gasteiger partial charge on any atom is -0.326 e. The van der Waals surface area contributed by atoms with E-state index in [1.54, 1.807) is 25.1 Å². The molecule has 2 N–H and O–H groups in total. The molecule has 1 heterocycles. The molecule has 0 spiro atoms. The number of hydrogen-bond donors (Lipinski definition) is 2. The predicted molar refractivity (Wildman–Crippen MR) is 114 cm³/mol. The Hall–Kier alpha value is -3.62. The maximum absolute atomic E-state index is 13.0. The summed E-state index contributed by atoms with van der Waals surface area (Å²) in [4.78, 5) is 24.9. The molecule has 0 saturated heterocycles. The fourth-order valence-electron chi connectivity index (χ4n) is 3.32. The Morgan fingerprint density at radius 2 is 1.81 bits per heavy atom. The quantitative estimate of drug-likeness (QED) is 0.577. The summed E-state index contributed by atoms with van der Waals surface area (Å²) in [6, 6.07) is 9.99. The van der Waals surface area contributed by atoms with Crippen LogP contribution in [-0.4, -0.2) is 21.6 Å². The van der Waals surface area contributed by atoms with Crippen LogP contribution in [0.25, 0.3) is 5.69 Å². The number of benzene rings is 2. The summed E-state index contributed by atoms with van der Waals surface area (Å²) < 4.78 is 40.4. The van der Waals surface area contributed by atoms with E-state index in [2.05, 4.69) is 15.7 Å². The molecule has 0 unspecified atom stereocenters. The number of carbonyl (C=O) groups excluding carboxylic acids is 2. The lowest BCUT2D eigenvalue weighted by molar-refractivity contribution is -0.137. The van der Waals surface area contributed by atoms with Crippen LogP contribution in [0.4, 0.5) is 24.5 Å². The van der Waals surface area contributed by atoms with E-state index in [1.807, 2.05) is 6.92 Å². The second kappa shape index (κ2) is 8.14. The molecular weight excluding hydrogens is 421 g/mol. The van der Waals surface area contributed by atoms with Gasteiger partial charge in [-0.1, -0.05) is 12.1 Å². The number of hydrogen-bond acceptors (Lipinski definition) is 3. The van der Waals surface area contributed by atoms with Crippen molar-refractivity contribution in [3.05, 3.63) is 71.0 Å². The Kier molecular flexibility index (Phi) is 5.50. The third kappa shape index (κ3) is 4.51. The molecule has 1 saturated carbocycles. The number of carbonyl (C=O) groups is 2. The van der Waals surface area contributed by atoms with Crippen LogP contribution in [0, 0.1) is 19.8 Å². The molecule has 0 radical (unpaired) electrons. The van der Waals surface area contributed by atoms with Crippen molar-refractivity contribution in [3.63, 3.8) is 0 Å². The van der Waals surface area contributed by atoms with Crippen LogP contribution in [0.15, 0.2) is 48.7 Å². The molecule has 6 nitrogen and oxygen atoms in total. The minimum absolute atomic E-state index is 0.0377. The number of alkyl halides is 3. The van der Waals surface area contributed by atoms with Crippen molar-refractivity contribution in [2.45, 2.75) is 32.9 Å². The zero-order valence-electron chi connectivity index (χ0n) is 17.5. The maximum Gasteiger partial charge on any atom is 0.416 e. The van der Waals surface area contributed by atoms with Crippen LogP contribution in [0.1, 0.15) is 40.0 Å². The number of aromatic nitrogens is 2. The monoisotopic (exact) mass is 442 g/mol. The number of amides is 2. The highest BCUT2D eigenvalue weighted by Crippen LogP contribution is 2.32. The Labute approximate surface area is 182 Å². The molecule has 1 aliphatic rings. The summed E-state index contributed by atoms with van der Waals surface area (Å²) in [5.74, 6) is -0.433. The Bertz CT molecular complexity index is 1200. The van der Waals surface area contributed by atoms with E-state index in [-0.39, 0.29) is 23.1 Å². The third-order valence-corrected chi connectivity index (χ3v) is 5.37. The van der Waals surface area contributed by atoms with Gasteiger partial charge >= 0.3 is 6.18 Å². The molecule has 2 aromatic carbocycles. The Balaban J connectivity index is 1.55. The van der Waals surface area contributed by atoms with E-state index in [9.17, 15) is 22.8 Å². The molecule has 0 aliphatic heterocycles. The molecular formula is C23H21F3N4O2. The lowest BCUT2D eigenvalue weighted by Crippen LogP contribution is -2.16. The first kappa shape index (κ1) is 21.6. The smallest absolute Gasteiger partial charge is 0.326 e. The lowest BCUT2D eigenvalue weighted by atomic mass is 10.1. The van der Waals surface area contributed by atoms with E-state index < -0.39 is 17.6 Å². The van der Waals surface area contributed by atoms with Gasteiger partial charge < -0.3 is 10.6 Å². The van der Waals surface area contributed by atoms with Crippen molar-refractivity contribution in [2.75, 3.05) is 10.6 Å². The van der Waals surface area contributed by atoms with Crippen molar-refractivity contribution in [3.8, 4) is 5.69 Å². The highest BCUT2D eigenvalue weighted by molar-refractivity contribution is 6.06. The number of halogens is 3. The van der Waals surface area contributed by atoms with Gasteiger partial charge in [-0.05, 0) is 62.6 Å². The number of aryl methyl sites for hydroxylation is 1. The number of anilines is 2. The summed E-state index contributed by atoms with van der Waals surface area (Å²) in [7, 11) is 0. The van der Waals surface area contributed by atoms with Crippen LogP contribution < -0.4 is 10.6 Å². The first-order chi connectivity index (χ1) is 15.1. The number of rotatable bonds is 5. The number of nitrogens with one attached hydrogen (secondary N) is 2. The van der Waals surface area contributed by atoms with Crippen molar-refractivity contribution >= 4 is 23.2 Å². The van der Waals surface area contributed by atoms with Gasteiger partial charge in [-0.25, -0.2) is 4.68 Å². The standard InChI is InChI=1S/C23H21F3N4O2/c1-13-6-9-17(28-21(31)15-7-8-15)11-20(13)29-22(32)19-12-27-30(14(19)2)18-5-3-4-16(10-18)23(24,25)26/h3-6,9-12,15H,7-8H2,1-2H3,(H,28,31)(H,29,32). The van der Waals surface area contributed by atoms with Crippen molar-refractivity contribution < 1.29 is 22.8 Å². The van der Waals surface area contributed by atoms with Gasteiger partial charge in [0.25, 0.3) is 5.91 Å². The fourth-order valence-corrected chi connectivity index (χ4v) is 3.32. The van der Waals surface area contributed by atoms with Gasteiger partial charge in [0.05, 0.1) is 28.7 Å². The topological polar surface area (TPSA) is 76.0 Å². The van der Waals surface area contributed by atoms with Gasteiger partial charge in [0.1, 0.15) is 0 Å². The lowest BCUT2D eigenvalue weighted by Gasteiger charge is -2.12. The highest BCUT2D eigenvalue weighted by Gasteiger charge is 2.31. The zero-order valence-corrected chi connectivity index (χ0v) is 17.5. The van der Waals surface area contributed by atoms with Gasteiger partial charge in [-0.15, -0.1) is 0 Å². The average molecular weight is 442 g/mol. The second-order valence-corrected chi connectivity index (χ2v) is 7.85. The van der Waals surface area contributed by atoms with Gasteiger partial charge in [0, 0.05) is 17.3 Å². The molecule has 32 heavy (non-hydrogen) atoms. The second-order valence-electron chi connectivity index (χ2n) is 7.85. The van der Waals surface area contributed by atoms with Crippen molar-refractivity contribution in [1.82, 2.24) is 9.78 Å². The van der Waals surface area contributed by atoms with Crippen LogP contribution >= 0.6 is 0 Å².